The molecule has 82 valence electrons. The van der Waals surface area contributed by atoms with Crippen molar-refractivity contribution in [3.63, 3.8) is 0 Å². The standard InChI is InChI=1S/C13H25N/c1-7-12(5)13(8-2,9-3)11-14(6)10-4/h7,10H,4,8-9,11H2,1-3,5-6H3/b12-7+. The van der Waals surface area contributed by atoms with Gasteiger partial charge in [-0.05, 0) is 32.9 Å². The Balaban J connectivity index is 4.78. The van der Waals surface area contributed by atoms with Crippen LogP contribution in [0.2, 0.25) is 0 Å². The van der Waals surface area contributed by atoms with Gasteiger partial charge in [-0.15, -0.1) is 0 Å². The molecule has 0 aromatic rings. The van der Waals surface area contributed by atoms with Crippen LogP contribution in [0.25, 0.3) is 0 Å². The Morgan fingerprint density at radius 2 is 1.86 bits per heavy atom. The summed E-state index contributed by atoms with van der Waals surface area (Å²) in [6, 6.07) is 0. The smallest absolute Gasteiger partial charge is 0.0262 e. The number of hydrogen-bond donors (Lipinski definition) is 0. The molecular formula is C13H25N. The van der Waals surface area contributed by atoms with E-state index in [0.29, 0.717) is 5.41 Å². The van der Waals surface area contributed by atoms with E-state index in [1.165, 1.54) is 18.4 Å². The molecule has 0 saturated carbocycles. The predicted molar refractivity (Wildman–Crippen MR) is 65.3 cm³/mol. The molecule has 0 aromatic carbocycles. The highest BCUT2D eigenvalue weighted by Crippen LogP contribution is 2.35. The van der Waals surface area contributed by atoms with Gasteiger partial charge in [0.2, 0.25) is 0 Å². The van der Waals surface area contributed by atoms with Crippen LogP contribution in [0, 0.1) is 5.41 Å². The molecule has 0 saturated heterocycles. The minimum Gasteiger partial charge on any atom is -0.380 e. The fraction of sp³-hybridized carbons (Fsp3) is 0.692. The van der Waals surface area contributed by atoms with Gasteiger partial charge in [-0.1, -0.05) is 32.1 Å². The maximum Gasteiger partial charge on any atom is 0.0262 e. The summed E-state index contributed by atoms with van der Waals surface area (Å²) in [5.41, 5.74) is 1.83. The summed E-state index contributed by atoms with van der Waals surface area (Å²) in [7, 11) is 2.09. The van der Waals surface area contributed by atoms with Gasteiger partial charge in [-0.2, -0.15) is 0 Å². The van der Waals surface area contributed by atoms with Crippen LogP contribution in [0.15, 0.2) is 24.4 Å². The van der Waals surface area contributed by atoms with Gasteiger partial charge in [0.1, 0.15) is 0 Å². The van der Waals surface area contributed by atoms with Crippen LogP contribution in [0.1, 0.15) is 40.5 Å². The van der Waals surface area contributed by atoms with E-state index in [0.717, 1.165) is 6.54 Å². The maximum atomic E-state index is 3.80. The lowest BCUT2D eigenvalue weighted by molar-refractivity contribution is 0.239. The van der Waals surface area contributed by atoms with Crippen molar-refractivity contribution in [2.24, 2.45) is 5.41 Å². The first-order valence-corrected chi connectivity index (χ1v) is 5.52. The van der Waals surface area contributed by atoms with Crippen molar-refractivity contribution in [3.05, 3.63) is 24.4 Å². The van der Waals surface area contributed by atoms with Gasteiger partial charge in [0, 0.05) is 19.0 Å². The van der Waals surface area contributed by atoms with Gasteiger partial charge in [-0.3, -0.25) is 0 Å². The van der Waals surface area contributed by atoms with E-state index in [1.54, 1.807) is 0 Å². The van der Waals surface area contributed by atoms with Crippen molar-refractivity contribution in [2.75, 3.05) is 13.6 Å². The molecular weight excluding hydrogens is 170 g/mol. The van der Waals surface area contributed by atoms with Gasteiger partial charge in [0.15, 0.2) is 0 Å². The fourth-order valence-electron chi connectivity index (χ4n) is 2.00. The number of rotatable bonds is 6. The molecule has 0 N–H and O–H groups in total. The third kappa shape index (κ3) is 2.90. The van der Waals surface area contributed by atoms with E-state index >= 15 is 0 Å². The van der Waals surface area contributed by atoms with Crippen molar-refractivity contribution in [2.45, 2.75) is 40.5 Å². The molecule has 0 spiro atoms. The third-order valence-electron chi connectivity index (χ3n) is 3.49. The van der Waals surface area contributed by atoms with E-state index in [9.17, 15) is 0 Å². The zero-order chi connectivity index (χ0) is 11.2. The van der Waals surface area contributed by atoms with E-state index < -0.39 is 0 Å². The average Bonchev–Trinajstić information content (AvgIpc) is 2.24. The molecule has 1 nitrogen and oxygen atoms in total. The summed E-state index contributed by atoms with van der Waals surface area (Å²) in [5, 5.41) is 0. The predicted octanol–water partition coefficient (Wildman–Crippen LogP) is 3.83. The van der Waals surface area contributed by atoms with Gasteiger partial charge in [0.25, 0.3) is 0 Å². The van der Waals surface area contributed by atoms with Gasteiger partial charge < -0.3 is 4.90 Å². The normalized spacial score (nSPS) is 12.8. The molecule has 0 fully saturated rings. The first-order valence-electron chi connectivity index (χ1n) is 5.52. The van der Waals surface area contributed by atoms with Gasteiger partial charge >= 0.3 is 0 Å². The van der Waals surface area contributed by atoms with E-state index in [4.69, 9.17) is 0 Å². The highest BCUT2D eigenvalue weighted by molar-refractivity contribution is 5.12. The molecule has 0 bridgehead atoms. The van der Waals surface area contributed by atoms with Gasteiger partial charge in [-0.25, -0.2) is 0 Å². The molecule has 0 radical (unpaired) electrons. The van der Waals surface area contributed by atoms with Crippen molar-refractivity contribution in [1.82, 2.24) is 4.90 Å². The van der Waals surface area contributed by atoms with Crippen molar-refractivity contribution < 1.29 is 0 Å². The molecule has 0 atom stereocenters. The maximum absolute atomic E-state index is 3.80. The lowest BCUT2D eigenvalue weighted by atomic mass is 9.75. The molecule has 0 aromatic heterocycles. The highest BCUT2D eigenvalue weighted by atomic mass is 15.1. The number of hydrogen-bond acceptors (Lipinski definition) is 1. The Hall–Kier alpha value is -0.720. The first-order chi connectivity index (χ1) is 6.56. The second-order valence-electron chi connectivity index (χ2n) is 4.06. The summed E-state index contributed by atoms with van der Waals surface area (Å²) in [5.74, 6) is 0. The second kappa shape index (κ2) is 5.90. The molecule has 0 aliphatic carbocycles. The summed E-state index contributed by atoms with van der Waals surface area (Å²) in [6.45, 7) is 13.8. The lowest BCUT2D eigenvalue weighted by Crippen LogP contribution is -2.33. The van der Waals surface area contributed by atoms with E-state index in [2.05, 4.69) is 52.3 Å². The number of nitrogens with zero attached hydrogens (tertiary/aromatic N) is 1. The van der Waals surface area contributed by atoms with Crippen LogP contribution in [0.3, 0.4) is 0 Å². The molecule has 0 aliphatic rings. The Morgan fingerprint density at radius 1 is 1.36 bits per heavy atom. The van der Waals surface area contributed by atoms with Crippen LogP contribution in [0.5, 0.6) is 0 Å². The topological polar surface area (TPSA) is 3.24 Å². The van der Waals surface area contributed by atoms with E-state index in [1.807, 2.05) is 6.20 Å². The largest absolute Gasteiger partial charge is 0.380 e. The summed E-state index contributed by atoms with van der Waals surface area (Å²) < 4.78 is 0. The van der Waals surface area contributed by atoms with Crippen LogP contribution in [-0.2, 0) is 0 Å². The Bertz CT molecular complexity index is 199. The monoisotopic (exact) mass is 195 g/mol. The lowest BCUT2D eigenvalue weighted by Gasteiger charge is -2.36. The third-order valence-corrected chi connectivity index (χ3v) is 3.49. The fourth-order valence-corrected chi connectivity index (χ4v) is 2.00. The van der Waals surface area contributed by atoms with Crippen LogP contribution in [0.4, 0.5) is 0 Å². The first kappa shape index (κ1) is 13.3. The minimum atomic E-state index is 0.331. The second-order valence-corrected chi connectivity index (χ2v) is 4.06. The van der Waals surface area contributed by atoms with E-state index in [-0.39, 0.29) is 0 Å². The van der Waals surface area contributed by atoms with Crippen molar-refractivity contribution in [3.8, 4) is 0 Å². The summed E-state index contributed by atoms with van der Waals surface area (Å²) in [6.07, 6.45) is 6.53. The summed E-state index contributed by atoms with van der Waals surface area (Å²) in [4.78, 5) is 2.18. The molecule has 0 heterocycles. The molecule has 0 unspecified atom stereocenters. The zero-order valence-electron chi connectivity index (χ0n) is 10.4. The molecule has 1 heteroatoms. The van der Waals surface area contributed by atoms with Gasteiger partial charge in [0.05, 0.1) is 0 Å². The molecule has 14 heavy (non-hydrogen) atoms. The minimum absolute atomic E-state index is 0.331. The zero-order valence-corrected chi connectivity index (χ0v) is 10.4. The van der Waals surface area contributed by atoms with Crippen molar-refractivity contribution in [1.29, 1.82) is 0 Å². The van der Waals surface area contributed by atoms with Crippen molar-refractivity contribution >= 4 is 0 Å². The molecule has 0 amide bonds. The van der Waals surface area contributed by atoms with Crippen LogP contribution >= 0.6 is 0 Å². The van der Waals surface area contributed by atoms with Crippen LogP contribution in [-0.4, -0.2) is 18.5 Å². The highest BCUT2D eigenvalue weighted by Gasteiger charge is 2.28. The average molecular weight is 195 g/mol. The Labute approximate surface area is 89.5 Å². The SMILES string of the molecule is C=CN(C)CC(CC)(CC)/C(C)=C/C. The Kier molecular flexibility index (Phi) is 5.59. The quantitative estimate of drug-likeness (QED) is 0.582. The molecule has 0 aliphatic heterocycles. The molecule has 0 rings (SSSR count). The number of allylic oxidation sites excluding steroid dienone is 1. The van der Waals surface area contributed by atoms with Crippen LogP contribution < -0.4 is 0 Å². The Morgan fingerprint density at radius 3 is 2.14 bits per heavy atom. The summed E-state index contributed by atoms with van der Waals surface area (Å²) >= 11 is 0.